The minimum atomic E-state index is -0.670. The topological polar surface area (TPSA) is 105 Å². The fourth-order valence-corrected chi connectivity index (χ4v) is 2.40. The van der Waals surface area contributed by atoms with Crippen molar-refractivity contribution in [1.29, 1.82) is 0 Å². The fraction of sp³-hybridized carbons (Fsp3) is 0.227. The van der Waals surface area contributed by atoms with Crippen LogP contribution >= 0.6 is 0 Å². The highest BCUT2D eigenvalue weighted by atomic mass is 16.5. The first-order valence-electron chi connectivity index (χ1n) is 9.58. The van der Waals surface area contributed by atoms with Gasteiger partial charge >= 0.3 is 12.0 Å². The van der Waals surface area contributed by atoms with Crippen LogP contribution in [-0.4, -0.2) is 35.7 Å². The monoisotopic (exact) mass is 407 g/mol. The van der Waals surface area contributed by atoms with Crippen LogP contribution in [0.15, 0.2) is 76.0 Å². The van der Waals surface area contributed by atoms with Gasteiger partial charge in [0.1, 0.15) is 0 Å². The molecule has 2 aromatic carbocycles. The van der Waals surface area contributed by atoms with Crippen molar-refractivity contribution in [3.05, 3.63) is 66.2 Å². The van der Waals surface area contributed by atoms with E-state index in [1.54, 1.807) is 38.1 Å². The fourth-order valence-electron chi connectivity index (χ4n) is 2.40. The van der Waals surface area contributed by atoms with Gasteiger partial charge in [-0.25, -0.2) is 15.0 Å². The van der Waals surface area contributed by atoms with Crippen LogP contribution in [0.5, 0.6) is 0 Å². The number of esters is 1. The molecule has 156 valence electrons. The Balaban J connectivity index is 2.21. The molecule has 2 rings (SSSR count). The summed E-state index contributed by atoms with van der Waals surface area (Å²) in [5.74, 6) is -0.670. The van der Waals surface area contributed by atoms with Gasteiger partial charge < -0.3 is 10.1 Å². The van der Waals surface area contributed by atoms with Gasteiger partial charge in [-0.05, 0) is 38.0 Å². The third kappa shape index (κ3) is 6.97. The highest BCUT2D eigenvalue weighted by Gasteiger charge is 2.17. The molecule has 0 spiro atoms. The van der Waals surface area contributed by atoms with Gasteiger partial charge in [0.25, 0.3) is 0 Å². The molecule has 0 heterocycles. The van der Waals surface area contributed by atoms with Crippen LogP contribution in [-0.2, 0) is 9.53 Å². The van der Waals surface area contributed by atoms with Crippen LogP contribution in [0.4, 0.5) is 10.5 Å². The molecule has 8 heteroatoms. The zero-order valence-corrected chi connectivity index (χ0v) is 17.3. The number of urea groups is 1. The number of nitrogens with zero attached hydrogens (tertiary/aromatic N) is 3. The quantitative estimate of drug-likeness (QED) is 0.392. The predicted octanol–water partition coefficient (Wildman–Crippen LogP) is 4.00. The van der Waals surface area contributed by atoms with Crippen LogP contribution in [0.3, 0.4) is 0 Å². The zero-order chi connectivity index (χ0) is 21.8. The molecule has 2 amide bonds. The van der Waals surface area contributed by atoms with Crippen LogP contribution in [0, 0.1) is 0 Å². The average Bonchev–Trinajstić information content (AvgIpc) is 2.76. The molecule has 0 aliphatic heterocycles. The van der Waals surface area contributed by atoms with Gasteiger partial charge in [-0.2, -0.15) is 10.2 Å². The minimum Gasteiger partial charge on any atom is -0.461 e. The van der Waals surface area contributed by atoms with E-state index in [-0.39, 0.29) is 18.0 Å². The van der Waals surface area contributed by atoms with E-state index in [0.29, 0.717) is 17.8 Å². The Kier molecular flexibility index (Phi) is 8.92. The molecule has 0 aliphatic rings. The molecular formula is C22H25N5O3. The molecule has 0 unspecified atom stereocenters. The number of hydrogen-bond donors (Lipinski definition) is 2. The Morgan fingerprint density at radius 2 is 1.57 bits per heavy atom. The third-order valence-electron chi connectivity index (χ3n) is 3.88. The summed E-state index contributed by atoms with van der Waals surface area (Å²) in [6.07, 6.45) is 0.623. The van der Waals surface area contributed by atoms with Crippen LogP contribution < -0.4 is 10.7 Å². The Morgan fingerprint density at radius 1 is 0.933 bits per heavy atom. The Morgan fingerprint density at radius 3 is 2.17 bits per heavy atom. The van der Waals surface area contributed by atoms with Gasteiger partial charge in [0, 0.05) is 5.69 Å². The molecule has 2 aromatic rings. The molecule has 8 nitrogen and oxygen atoms in total. The summed E-state index contributed by atoms with van der Waals surface area (Å²) in [5, 5.41) is 14.9. The van der Waals surface area contributed by atoms with Crippen molar-refractivity contribution in [2.45, 2.75) is 27.2 Å². The zero-order valence-electron chi connectivity index (χ0n) is 17.3. The van der Waals surface area contributed by atoms with Crippen molar-refractivity contribution >= 4 is 34.8 Å². The number of nitrogens with one attached hydrogen (secondary N) is 2. The number of amides is 2. The number of hydrogen-bond acceptors (Lipinski definition) is 6. The largest absolute Gasteiger partial charge is 0.461 e. The van der Waals surface area contributed by atoms with E-state index in [1.165, 1.54) is 0 Å². The highest BCUT2D eigenvalue weighted by molar-refractivity contribution is 6.65. The van der Waals surface area contributed by atoms with Gasteiger partial charge in [0.05, 0.1) is 18.0 Å². The standard InChI is InChI=1S/C22H25N5O3/c1-4-19(17-12-8-6-9-13-17)25-26-20(21(28)30-5-2)16(3)24-27-22(29)23-18-14-10-7-11-15-18/h6-15H,4-5H2,1-3H3,(H2,23,27,29)/b24-16+,25-19-,26-20-. The normalized spacial score (nSPS) is 12.3. The first-order chi connectivity index (χ1) is 14.5. The smallest absolute Gasteiger partial charge is 0.360 e. The SMILES string of the molecule is CCOC(=O)C(=N\N=C(\CC)c1ccccc1)/C(C)=N/NC(=O)Nc1ccccc1. The first-order valence-corrected chi connectivity index (χ1v) is 9.58. The van der Waals surface area contributed by atoms with Crippen LogP contribution in [0.2, 0.25) is 0 Å². The molecule has 0 atom stereocenters. The number of ether oxygens (including phenoxy) is 1. The van der Waals surface area contributed by atoms with E-state index >= 15 is 0 Å². The van der Waals surface area contributed by atoms with Crippen molar-refractivity contribution < 1.29 is 14.3 Å². The molecule has 2 N–H and O–H groups in total. The lowest BCUT2D eigenvalue weighted by Gasteiger charge is -2.07. The number of carbonyl (C=O) groups excluding carboxylic acids is 2. The van der Waals surface area contributed by atoms with Gasteiger partial charge in [-0.15, -0.1) is 5.10 Å². The maximum Gasteiger partial charge on any atom is 0.360 e. The predicted molar refractivity (Wildman–Crippen MR) is 119 cm³/mol. The number of anilines is 1. The summed E-state index contributed by atoms with van der Waals surface area (Å²) in [4.78, 5) is 24.3. The number of carbonyl (C=O) groups is 2. The molecule has 0 aliphatic carbocycles. The Labute approximate surface area is 175 Å². The number of para-hydroxylation sites is 1. The van der Waals surface area contributed by atoms with E-state index < -0.39 is 12.0 Å². The highest BCUT2D eigenvalue weighted by Crippen LogP contribution is 2.06. The summed E-state index contributed by atoms with van der Waals surface area (Å²) >= 11 is 0. The van der Waals surface area contributed by atoms with E-state index in [2.05, 4.69) is 26.0 Å². The second-order valence-electron chi connectivity index (χ2n) is 6.06. The van der Waals surface area contributed by atoms with E-state index in [0.717, 1.165) is 5.56 Å². The molecule has 0 saturated carbocycles. The molecule has 0 fully saturated rings. The number of hydrazone groups is 1. The van der Waals surface area contributed by atoms with E-state index in [4.69, 9.17) is 4.74 Å². The molecule has 0 saturated heterocycles. The van der Waals surface area contributed by atoms with Crippen molar-refractivity contribution in [3.63, 3.8) is 0 Å². The molecule has 0 radical (unpaired) electrons. The summed E-state index contributed by atoms with van der Waals surface area (Å²) < 4.78 is 5.05. The van der Waals surface area contributed by atoms with Gasteiger partial charge in [-0.3, -0.25) is 0 Å². The summed E-state index contributed by atoms with van der Waals surface area (Å²) in [6, 6.07) is 17.9. The maximum atomic E-state index is 12.3. The van der Waals surface area contributed by atoms with Gasteiger partial charge in [0.2, 0.25) is 0 Å². The summed E-state index contributed by atoms with van der Waals surface area (Å²) in [7, 11) is 0. The van der Waals surface area contributed by atoms with Crippen LogP contribution in [0.1, 0.15) is 32.8 Å². The lowest BCUT2D eigenvalue weighted by atomic mass is 10.1. The maximum absolute atomic E-state index is 12.3. The third-order valence-corrected chi connectivity index (χ3v) is 3.88. The van der Waals surface area contributed by atoms with Gasteiger partial charge in [-0.1, -0.05) is 55.5 Å². The van der Waals surface area contributed by atoms with Crippen molar-refractivity contribution in [1.82, 2.24) is 5.43 Å². The van der Waals surface area contributed by atoms with E-state index in [9.17, 15) is 9.59 Å². The van der Waals surface area contributed by atoms with Crippen LogP contribution in [0.25, 0.3) is 0 Å². The van der Waals surface area contributed by atoms with Crippen molar-refractivity contribution in [2.24, 2.45) is 15.3 Å². The lowest BCUT2D eigenvalue weighted by molar-refractivity contribution is -0.134. The summed E-state index contributed by atoms with van der Waals surface area (Å²) in [6.45, 7) is 5.36. The molecule has 0 aromatic heterocycles. The number of rotatable bonds is 8. The molecular weight excluding hydrogens is 382 g/mol. The first kappa shape index (κ1) is 22.5. The average molecular weight is 407 g/mol. The van der Waals surface area contributed by atoms with Crippen molar-refractivity contribution in [2.75, 3.05) is 11.9 Å². The summed E-state index contributed by atoms with van der Waals surface area (Å²) in [5.41, 5.74) is 4.65. The Hall–Kier alpha value is -3.81. The molecule has 30 heavy (non-hydrogen) atoms. The second-order valence-corrected chi connectivity index (χ2v) is 6.06. The second kappa shape index (κ2) is 11.9. The minimum absolute atomic E-state index is 0.0845. The van der Waals surface area contributed by atoms with Gasteiger partial charge in [0.15, 0.2) is 5.71 Å². The van der Waals surface area contributed by atoms with E-state index in [1.807, 2.05) is 43.3 Å². The number of benzene rings is 2. The Bertz CT molecular complexity index is 938. The van der Waals surface area contributed by atoms with Crippen molar-refractivity contribution in [3.8, 4) is 0 Å². The lowest BCUT2D eigenvalue weighted by Crippen LogP contribution is -2.30. The molecule has 0 bridgehead atoms.